The quantitative estimate of drug-likeness (QED) is 0.874. The van der Waals surface area contributed by atoms with Gasteiger partial charge in [0.1, 0.15) is 23.7 Å². The second-order valence-electron chi connectivity index (χ2n) is 6.37. The van der Waals surface area contributed by atoms with Gasteiger partial charge in [0.2, 0.25) is 0 Å². The van der Waals surface area contributed by atoms with Crippen LogP contribution in [0.1, 0.15) is 5.69 Å². The molecule has 2 fully saturated rings. The van der Waals surface area contributed by atoms with Crippen LogP contribution in [0.2, 0.25) is 0 Å². The zero-order valence-electron chi connectivity index (χ0n) is 13.1. The summed E-state index contributed by atoms with van der Waals surface area (Å²) in [6.07, 6.45) is -3.51. The van der Waals surface area contributed by atoms with Gasteiger partial charge >= 0.3 is 6.18 Å². The number of hydrogen-bond donors (Lipinski definition) is 1. The fourth-order valence-electron chi connectivity index (χ4n) is 3.56. The van der Waals surface area contributed by atoms with Crippen LogP contribution in [0, 0.1) is 11.8 Å². The van der Waals surface area contributed by atoms with Gasteiger partial charge in [0.15, 0.2) is 0 Å². The number of rotatable bonds is 2. The van der Waals surface area contributed by atoms with Crippen molar-refractivity contribution in [3.8, 4) is 0 Å². The topological polar surface area (TPSA) is 78.0 Å². The average Bonchev–Trinajstić information content (AvgIpc) is 3.14. The van der Waals surface area contributed by atoms with Crippen LogP contribution >= 0.6 is 0 Å². The van der Waals surface area contributed by atoms with Gasteiger partial charge in [-0.05, 0) is 6.07 Å². The number of aromatic nitrogens is 4. The van der Waals surface area contributed by atoms with Gasteiger partial charge in [-0.3, -0.25) is 4.79 Å². The lowest BCUT2D eigenvalue weighted by Crippen LogP contribution is -2.30. The molecular weight excluding hydrogens is 337 g/mol. The summed E-state index contributed by atoms with van der Waals surface area (Å²) in [6, 6.07) is 4.11. The minimum absolute atomic E-state index is 0.251. The molecule has 0 spiro atoms. The van der Waals surface area contributed by atoms with Crippen molar-refractivity contribution in [1.29, 1.82) is 0 Å². The molecule has 4 heterocycles. The van der Waals surface area contributed by atoms with Crippen LogP contribution < -0.4 is 15.4 Å². The van der Waals surface area contributed by atoms with Crippen molar-refractivity contribution in [2.24, 2.45) is 11.8 Å². The number of nitrogens with zero attached hydrogens (tertiary/aromatic N) is 5. The zero-order chi connectivity index (χ0) is 17.6. The van der Waals surface area contributed by atoms with E-state index >= 15 is 0 Å². The van der Waals surface area contributed by atoms with E-state index in [0.717, 1.165) is 25.5 Å². The number of aromatic amines is 1. The summed E-state index contributed by atoms with van der Waals surface area (Å²) in [5.74, 6) is 1.66. The summed E-state index contributed by atoms with van der Waals surface area (Å²) < 4.78 is 38.4. The summed E-state index contributed by atoms with van der Waals surface area (Å²) in [6.45, 7) is 2.77. The molecule has 4 rings (SSSR count). The normalized spacial score (nSPS) is 23.2. The van der Waals surface area contributed by atoms with Crippen molar-refractivity contribution in [1.82, 2.24) is 20.2 Å². The summed E-state index contributed by atoms with van der Waals surface area (Å²) in [7, 11) is 0. The van der Waals surface area contributed by atoms with E-state index in [1.54, 1.807) is 6.07 Å². The Bertz CT molecular complexity index is 804. The van der Waals surface area contributed by atoms with Crippen LogP contribution in [0.3, 0.4) is 0 Å². The van der Waals surface area contributed by atoms with Gasteiger partial charge in [0.05, 0.1) is 0 Å². The van der Waals surface area contributed by atoms with E-state index in [-0.39, 0.29) is 5.56 Å². The highest BCUT2D eigenvalue weighted by Crippen LogP contribution is 2.36. The van der Waals surface area contributed by atoms with Gasteiger partial charge in [-0.1, -0.05) is 0 Å². The summed E-state index contributed by atoms with van der Waals surface area (Å²) in [5.41, 5.74) is -1.17. The van der Waals surface area contributed by atoms with Crippen molar-refractivity contribution in [2.75, 3.05) is 36.0 Å². The fourth-order valence-corrected chi connectivity index (χ4v) is 3.56. The van der Waals surface area contributed by atoms with Crippen molar-refractivity contribution in [2.45, 2.75) is 6.18 Å². The smallest absolute Gasteiger partial charge is 0.356 e. The van der Waals surface area contributed by atoms with Crippen LogP contribution in [0.25, 0.3) is 0 Å². The first-order chi connectivity index (χ1) is 11.9. The molecule has 2 aromatic rings. The Morgan fingerprint density at radius 1 is 1.00 bits per heavy atom. The predicted octanol–water partition coefficient (Wildman–Crippen LogP) is 1.15. The maximum absolute atomic E-state index is 12.8. The summed E-state index contributed by atoms with van der Waals surface area (Å²) in [5, 5.41) is 6.45. The highest BCUT2D eigenvalue weighted by molar-refractivity contribution is 5.44. The molecule has 0 saturated carbocycles. The molecule has 10 heteroatoms. The number of H-pyrrole nitrogens is 1. The minimum atomic E-state index is -4.47. The maximum Gasteiger partial charge on any atom is 0.433 e. The average molecular weight is 352 g/mol. The first-order valence-corrected chi connectivity index (χ1v) is 7.85. The molecule has 132 valence electrons. The Hall–Kier alpha value is -2.65. The van der Waals surface area contributed by atoms with Crippen LogP contribution in [-0.4, -0.2) is 46.3 Å². The second kappa shape index (κ2) is 5.71. The van der Waals surface area contributed by atoms with Gasteiger partial charge < -0.3 is 9.80 Å². The lowest BCUT2D eigenvalue weighted by molar-refractivity contribution is -0.141. The third kappa shape index (κ3) is 3.03. The predicted molar refractivity (Wildman–Crippen MR) is 83.3 cm³/mol. The third-order valence-electron chi connectivity index (χ3n) is 4.74. The molecule has 2 aliphatic rings. The first kappa shape index (κ1) is 15.9. The molecule has 1 N–H and O–H groups in total. The van der Waals surface area contributed by atoms with Gasteiger partial charge in [-0.2, -0.15) is 18.3 Å². The maximum atomic E-state index is 12.8. The van der Waals surface area contributed by atoms with E-state index in [4.69, 9.17) is 0 Å². The molecule has 0 bridgehead atoms. The Balaban J connectivity index is 1.46. The van der Waals surface area contributed by atoms with Gasteiger partial charge in [0, 0.05) is 50.1 Å². The number of fused-ring (bicyclic) bond motifs is 1. The lowest BCUT2D eigenvalue weighted by atomic mass is 10.0. The summed E-state index contributed by atoms with van der Waals surface area (Å²) in [4.78, 5) is 22.4. The molecule has 2 aromatic heterocycles. The molecule has 7 nitrogen and oxygen atoms in total. The molecule has 2 unspecified atom stereocenters. The molecule has 25 heavy (non-hydrogen) atoms. The van der Waals surface area contributed by atoms with Crippen molar-refractivity contribution >= 4 is 11.6 Å². The SMILES string of the molecule is O=c1ccc(N2CC3CN(c4cc(C(F)(F)F)ncn4)CC3C2)n[nH]1. The Morgan fingerprint density at radius 3 is 2.20 bits per heavy atom. The highest BCUT2D eigenvalue weighted by Gasteiger charge is 2.41. The van der Waals surface area contributed by atoms with Gasteiger partial charge in [-0.25, -0.2) is 15.1 Å². The van der Waals surface area contributed by atoms with Crippen LogP contribution in [-0.2, 0) is 6.18 Å². The van der Waals surface area contributed by atoms with E-state index in [1.807, 2.05) is 4.90 Å². The van der Waals surface area contributed by atoms with Crippen LogP contribution in [0.15, 0.2) is 29.3 Å². The standard InChI is InChI=1S/C15H15F3N6O/c16-15(17,18)11-3-13(20-8-19-11)24-6-9-4-23(5-10(9)7-24)12-1-2-14(25)22-21-12/h1-3,8-10H,4-7H2,(H,22,25). The van der Waals surface area contributed by atoms with E-state index in [9.17, 15) is 18.0 Å². The zero-order valence-corrected chi connectivity index (χ0v) is 13.1. The number of halogens is 3. The number of hydrogen-bond acceptors (Lipinski definition) is 6. The fraction of sp³-hybridized carbons (Fsp3) is 0.467. The van der Waals surface area contributed by atoms with E-state index < -0.39 is 11.9 Å². The molecule has 0 amide bonds. The third-order valence-corrected chi connectivity index (χ3v) is 4.74. The molecule has 2 aliphatic heterocycles. The van der Waals surface area contributed by atoms with Crippen molar-refractivity contribution in [3.63, 3.8) is 0 Å². The van der Waals surface area contributed by atoms with E-state index in [0.29, 0.717) is 36.6 Å². The Labute approximate surface area is 140 Å². The van der Waals surface area contributed by atoms with E-state index in [2.05, 4.69) is 25.1 Å². The van der Waals surface area contributed by atoms with Gasteiger partial charge in [-0.15, -0.1) is 0 Å². The van der Waals surface area contributed by atoms with Crippen LogP contribution in [0.4, 0.5) is 24.8 Å². The largest absolute Gasteiger partial charge is 0.433 e. The summed E-state index contributed by atoms with van der Waals surface area (Å²) >= 11 is 0. The monoisotopic (exact) mass is 352 g/mol. The van der Waals surface area contributed by atoms with Gasteiger partial charge in [0.25, 0.3) is 5.56 Å². The van der Waals surface area contributed by atoms with Crippen molar-refractivity contribution in [3.05, 3.63) is 40.6 Å². The Morgan fingerprint density at radius 2 is 1.64 bits per heavy atom. The van der Waals surface area contributed by atoms with Crippen LogP contribution in [0.5, 0.6) is 0 Å². The first-order valence-electron chi connectivity index (χ1n) is 7.85. The number of anilines is 2. The van der Waals surface area contributed by atoms with E-state index in [1.165, 1.54) is 6.07 Å². The molecule has 2 saturated heterocycles. The molecule has 0 aliphatic carbocycles. The lowest BCUT2D eigenvalue weighted by Gasteiger charge is -2.23. The number of alkyl halides is 3. The van der Waals surface area contributed by atoms with Crippen molar-refractivity contribution < 1.29 is 13.2 Å². The molecule has 0 aromatic carbocycles. The highest BCUT2D eigenvalue weighted by atomic mass is 19.4. The second-order valence-corrected chi connectivity index (χ2v) is 6.37. The molecule has 0 radical (unpaired) electrons. The molecule has 2 atom stereocenters. The Kier molecular flexibility index (Phi) is 3.62. The molecular formula is C15H15F3N6O. The minimum Gasteiger partial charge on any atom is -0.356 e. The number of nitrogens with one attached hydrogen (secondary N) is 1.